The van der Waals surface area contributed by atoms with Gasteiger partial charge in [0.15, 0.2) is 5.76 Å². The molecule has 0 saturated carbocycles. The summed E-state index contributed by atoms with van der Waals surface area (Å²) in [5.41, 5.74) is 1.11. The fraction of sp³-hybridized carbons (Fsp3) is 0.368. The van der Waals surface area contributed by atoms with Crippen molar-refractivity contribution in [2.45, 2.75) is 18.9 Å². The molecule has 6 nitrogen and oxygen atoms in total. The van der Waals surface area contributed by atoms with E-state index in [1.165, 1.54) is 11.2 Å². The Balaban J connectivity index is 0.00000243. The molecule has 2 aromatic rings. The lowest BCUT2D eigenvalue weighted by Gasteiger charge is -2.33. The van der Waals surface area contributed by atoms with Crippen LogP contribution in [0.1, 0.15) is 33.8 Å². The standard InChI is InChI=1S/C19H23N3O3.ClH/c1-20-14-7-5-11-22(13-14)18(23)15-8-3-4-9-16(15)21(2)19(24)17-10-6-12-25-17;/h3-4,6,8-10,12,14,20H,5,7,11,13H2,1-2H3;1H. The summed E-state index contributed by atoms with van der Waals surface area (Å²) in [4.78, 5) is 28.9. The van der Waals surface area contributed by atoms with Crippen LogP contribution in [0.5, 0.6) is 0 Å². The number of anilines is 1. The number of nitrogens with one attached hydrogen (secondary N) is 1. The van der Waals surface area contributed by atoms with Crippen molar-refractivity contribution in [3.63, 3.8) is 0 Å². The largest absolute Gasteiger partial charge is 0.459 e. The van der Waals surface area contributed by atoms with Crippen LogP contribution in [-0.4, -0.2) is 49.9 Å². The number of hydrogen-bond donors (Lipinski definition) is 1. The van der Waals surface area contributed by atoms with Crippen molar-refractivity contribution in [1.82, 2.24) is 10.2 Å². The Morgan fingerprint density at radius 2 is 2.00 bits per heavy atom. The van der Waals surface area contributed by atoms with Crippen LogP contribution in [-0.2, 0) is 0 Å². The van der Waals surface area contributed by atoms with Gasteiger partial charge in [0.25, 0.3) is 11.8 Å². The van der Waals surface area contributed by atoms with Crippen molar-refractivity contribution in [2.24, 2.45) is 0 Å². The second-order valence-electron chi connectivity index (χ2n) is 6.24. The molecule has 0 spiro atoms. The number of carbonyl (C=O) groups excluding carboxylic acids is 2. The summed E-state index contributed by atoms with van der Waals surface area (Å²) >= 11 is 0. The van der Waals surface area contributed by atoms with E-state index in [1.54, 1.807) is 31.3 Å². The predicted molar refractivity (Wildman–Crippen MR) is 103 cm³/mol. The monoisotopic (exact) mass is 377 g/mol. The molecule has 2 amide bonds. The summed E-state index contributed by atoms with van der Waals surface area (Å²) < 4.78 is 5.19. The summed E-state index contributed by atoms with van der Waals surface area (Å²) in [6.07, 6.45) is 3.50. The average molecular weight is 378 g/mol. The minimum absolute atomic E-state index is 0. The van der Waals surface area contributed by atoms with Crippen molar-refractivity contribution in [3.05, 3.63) is 54.0 Å². The van der Waals surface area contributed by atoms with Crippen LogP contribution in [0.25, 0.3) is 0 Å². The summed E-state index contributed by atoms with van der Waals surface area (Å²) in [5, 5.41) is 3.24. The molecule has 1 aromatic heterocycles. The van der Waals surface area contributed by atoms with E-state index in [0.29, 0.717) is 23.8 Å². The number of halogens is 1. The number of carbonyl (C=O) groups is 2. The Morgan fingerprint density at radius 3 is 2.69 bits per heavy atom. The quantitative estimate of drug-likeness (QED) is 0.889. The number of piperidine rings is 1. The van der Waals surface area contributed by atoms with Crippen molar-refractivity contribution in [3.8, 4) is 0 Å². The molecule has 1 unspecified atom stereocenters. The third-order valence-corrected chi connectivity index (χ3v) is 4.65. The lowest BCUT2D eigenvalue weighted by atomic mass is 10.0. The Bertz CT molecular complexity index is 748. The predicted octanol–water partition coefficient (Wildman–Crippen LogP) is 2.80. The highest BCUT2D eigenvalue weighted by atomic mass is 35.5. The van der Waals surface area contributed by atoms with E-state index in [0.717, 1.165) is 19.4 Å². The van der Waals surface area contributed by atoms with Crippen LogP contribution < -0.4 is 10.2 Å². The number of hydrogen-bond acceptors (Lipinski definition) is 4. The Labute approximate surface area is 159 Å². The van der Waals surface area contributed by atoms with Crippen molar-refractivity contribution >= 4 is 29.9 Å². The van der Waals surface area contributed by atoms with Crippen molar-refractivity contribution < 1.29 is 14.0 Å². The maximum Gasteiger partial charge on any atom is 0.293 e. The first-order chi connectivity index (χ1) is 12.1. The van der Waals surface area contributed by atoms with E-state index < -0.39 is 0 Å². The zero-order valence-electron chi connectivity index (χ0n) is 15.0. The van der Waals surface area contributed by atoms with Gasteiger partial charge in [-0.15, -0.1) is 12.4 Å². The van der Waals surface area contributed by atoms with E-state index in [1.807, 2.05) is 24.1 Å². The van der Waals surface area contributed by atoms with Crippen molar-refractivity contribution in [1.29, 1.82) is 0 Å². The number of likely N-dealkylation sites (N-methyl/N-ethyl adjacent to an activating group) is 1. The van der Waals surface area contributed by atoms with Gasteiger partial charge in [0, 0.05) is 26.2 Å². The molecule has 26 heavy (non-hydrogen) atoms. The topological polar surface area (TPSA) is 65.8 Å². The summed E-state index contributed by atoms with van der Waals surface area (Å²) in [6.45, 7) is 1.42. The first-order valence-corrected chi connectivity index (χ1v) is 8.49. The molecule has 1 aromatic carbocycles. The van der Waals surface area contributed by atoms with Crippen LogP contribution in [0, 0.1) is 0 Å². The molecule has 3 rings (SSSR count). The highest BCUT2D eigenvalue weighted by Gasteiger charge is 2.27. The third-order valence-electron chi connectivity index (χ3n) is 4.65. The van der Waals surface area contributed by atoms with Gasteiger partial charge in [-0.25, -0.2) is 0 Å². The number of rotatable bonds is 4. The van der Waals surface area contributed by atoms with Gasteiger partial charge in [-0.2, -0.15) is 0 Å². The summed E-state index contributed by atoms with van der Waals surface area (Å²) in [7, 11) is 3.58. The van der Waals surface area contributed by atoms with Crippen LogP contribution in [0.3, 0.4) is 0 Å². The van der Waals surface area contributed by atoms with Gasteiger partial charge < -0.3 is 19.5 Å². The van der Waals surface area contributed by atoms with E-state index in [9.17, 15) is 9.59 Å². The fourth-order valence-corrected chi connectivity index (χ4v) is 3.19. The molecule has 0 radical (unpaired) electrons. The molecule has 2 heterocycles. The fourth-order valence-electron chi connectivity index (χ4n) is 3.19. The van der Waals surface area contributed by atoms with Gasteiger partial charge in [0.1, 0.15) is 0 Å². The summed E-state index contributed by atoms with van der Waals surface area (Å²) in [6, 6.07) is 10.8. The normalized spacial score (nSPS) is 16.7. The van der Waals surface area contributed by atoms with Crippen LogP contribution in [0.15, 0.2) is 47.1 Å². The lowest BCUT2D eigenvalue weighted by molar-refractivity contribution is 0.0699. The molecular formula is C19H24ClN3O3. The second kappa shape index (κ2) is 8.87. The van der Waals surface area contributed by atoms with Gasteiger partial charge in [0.05, 0.1) is 17.5 Å². The van der Waals surface area contributed by atoms with Crippen LogP contribution in [0.2, 0.25) is 0 Å². The maximum absolute atomic E-state index is 13.0. The number of benzene rings is 1. The maximum atomic E-state index is 13.0. The Kier molecular flexibility index (Phi) is 6.83. The molecule has 1 atom stereocenters. The second-order valence-corrected chi connectivity index (χ2v) is 6.24. The highest BCUT2D eigenvalue weighted by Crippen LogP contribution is 2.24. The minimum Gasteiger partial charge on any atom is -0.459 e. The Hall–Kier alpha value is -2.31. The minimum atomic E-state index is -0.281. The molecule has 0 aliphatic carbocycles. The van der Waals surface area contributed by atoms with E-state index >= 15 is 0 Å². The lowest BCUT2D eigenvalue weighted by Crippen LogP contribution is -2.47. The first kappa shape index (κ1) is 20.0. The SMILES string of the molecule is CNC1CCCN(C(=O)c2ccccc2N(C)C(=O)c2ccco2)C1.Cl. The van der Waals surface area contributed by atoms with Gasteiger partial charge in [-0.05, 0) is 44.2 Å². The number of para-hydroxylation sites is 1. The molecule has 1 N–H and O–H groups in total. The van der Waals surface area contributed by atoms with E-state index in [4.69, 9.17) is 4.42 Å². The van der Waals surface area contributed by atoms with Crippen LogP contribution in [0.4, 0.5) is 5.69 Å². The molecule has 0 bridgehead atoms. The summed E-state index contributed by atoms with van der Waals surface area (Å²) in [5.74, 6) is -0.0791. The molecule has 1 fully saturated rings. The highest BCUT2D eigenvalue weighted by molar-refractivity contribution is 6.09. The smallest absolute Gasteiger partial charge is 0.293 e. The zero-order valence-corrected chi connectivity index (χ0v) is 15.8. The van der Waals surface area contributed by atoms with Gasteiger partial charge in [0.2, 0.25) is 0 Å². The molecular weight excluding hydrogens is 354 g/mol. The molecule has 1 saturated heterocycles. The number of nitrogens with zero attached hydrogens (tertiary/aromatic N) is 2. The third kappa shape index (κ3) is 4.08. The van der Waals surface area contributed by atoms with E-state index in [-0.39, 0.29) is 30.0 Å². The number of amides is 2. The average Bonchev–Trinajstić information content (AvgIpc) is 3.21. The molecule has 140 valence electrons. The van der Waals surface area contributed by atoms with Gasteiger partial charge in [-0.1, -0.05) is 12.1 Å². The van der Waals surface area contributed by atoms with E-state index in [2.05, 4.69) is 5.32 Å². The Morgan fingerprint density at radius 1 is 1.23 bits per heavy atom. The van der Waals surface area contributed by atoms with Crippen molar-refractivity contribution in [2.75, 3.05) is 32.1 Å². The van der Waals surface area contributed by atoms with Gasteiger partial charge in [-0.3, -0.25) is 9.59 Å². The zero-order chi connectivity index (χ0) is 17.8. The first-order valence-electron chi connectivity index (χ1n) is 8.49. The van der Waals surface area contributed by atoms with Crippen LogP contribution >= 0.6 is 12.4 Å². The molecule has 1 aliphatic heterocycles. The number of likely N-dealkylation sites (tertiary alicyclic amines) is 1. The molecule has 1 aliphatic rings. The van der Waals surface area contributed by atoms with Gasteiger partial charge >= 0.3 is 0 Å². The molecule has 7 heteroatoms. The number of furan rings is 1.